The van der Waals surface area contributed by atoms with Crippen molar-refractivity contribution in [3.8, 4) is 17.6 Å². The number of fused-ring (bicyclic) bond motifs is 2. The molecule has 0 fully saturated rings. The second kappa shape index (κ2) is 9.07. The van der Waals surface area contributed by atoms with Gasteiger partial charge < -0.3 is 24.3 Å². The number of urea groups is 1. The quantitative estimate of drug-likeness (QED) is 0.419. The molecule has 0 spiro atoms. The van der Waals surface area contributed by atoms with E-state index < -0.39 is 0 Å². The van der Waals surface area contributed by atoms with Crippen LogP contribution in [-0.4, -0.2) is 59.9 Å². The Bertz CT molecular complexity index is 1550. The van der Waals surface area contributed by atoms with Crippen LogP contribution in [0.15, 0.2) is 30.6 Å². The smallest absolute Gasteiger partial charge is 0.322 e. The van der Waals surface area contributed by atoms with Crippen LogP contribution in [0.1, 0.15) is 25.1 Å². The van der Waals surface area contributed by atoms with Gasteiger partial charge in [0.05, 0.1) is 30.6 Å². The molecule has 4 aromatic rings. The Morgan fingerprint density at radius 2 is 2.08 bits per heavy atom. The van der Waals surface area contributed by atoms with Gasteiger partial charge >= 0.3 is 6.03 Å². The number of nitrogens with zero attached hydrogens (tertiary/aromatic N) is 8. The SMILES string of the molecule is CN(C)C(=O)Nc1cc(Oc2cnc3nc(Nc4cc5n(n4)CC(C)(C)OC5)n(C)c3c2C#N)ccn1. The average Bonchev–Trinajstić information content (AvgIpc) is 3.38. The summed E-state index contributed by atoms with van der Waals surface area (Å²) in [5, 5.41) is 20.5. The molecule has 13 heteroatoms. The van der Waals surface area contributed by atoms with Crippen LogP contribution >= 0.6 is 0 Å². The summed E-state index contributed by atoms with van der Waals surface area (Å²) in [5.74, 6) is 2.04. The molecule has 5 heterocycles. The number of aromatic nitrogens is 6. The molecule has 0 saturated carbocycles. The average molecular weight is 503 g/mol. The normalized spacial score (nSPS) is 14.1. The number of imidazole rings is 1. The zero-order valence-corrected chi connectivity index (χ0v) is 21.1. The molecule has 37 heavy (non-hydrogen) atoms. The van der Waals surface area contributed by atoms with E-state index in [2.05, 4.69) is 36.8 Å². The Balaban J connectivity index is 1.43. The Labute approximate surface area is 212 Å². The van der Waals surface area contributed by atoms with Gasteiger partial charge in [-0.2, -0.15) is 15.3 Å². The predicted molar refractivity (Wildman–Crippen MR) is 135 cm³/mol. The van der Waals surface area contributed by atoms with Crippen LogP contribution in [0.3, 0.4) is 0 Å². The van der Waals surface area contributed by atoms with Gasteiger partial charge in [-0.05, 0) is 19.9 Å². The van der Waals surface area contributed by atoms with E-state index in [1.54, 1.807) is 37.8 Å². The zero-order valence-electron chi connectivity index (χ0n) is 21.1. The van der Waals surface area contributed by atoms with Crippen molar-refractivity contribution in [2.75, 3.05) is 24.7 Å². The van der Waals surface area contributed by atoms with Crippen LogP contribution in [-0.2, 0) is 24.9 Å². The number of amides is 2. The van der Waals surface area contributed by atoms with Gasteiger partial charge in [0.1, 0.15) is 28.7 Å². The Morgan fingerprint density at radius 3 is 2.84 bits per heavy atom. The van der Waals surface area contributed by atoms with Crippen LogP contribution in [0, 0.1) is 11.3 Å². The molecule has 0 radical (unpaired) electrons. The molecule has 0 bridgehead atoms. The van der Waals surface area contributed by atoms with Gasteiger partial charge in [-0.15, -0.1) is 0 Å². The lowest BCUT2D eigenvalue weighted by atomic mass is 10.1. The predicted octanol–water partition coefficient (Wildman–Crippen LogP) is 3.37. The highest BCUT2D eigenvalue weighted by Gasteiger charge is 2.27. The van der Waals surface area contributed by atoms with Crippen LogP contribution in [0.4, 0.5) is 22.4 Å². The van der Waals surface area contributed by atoms with Crippen molar-refractivity contribution < 1.29 is 14.3 Å². The number of aryl methyl sites for hydroxylation is 1. The minimum atomic E-state index is -0.324. The lowest BCUT2D eigenvalue weighted by Gasteiger charge is -2.30. The Hall–Kier alpha value is -4.70. The maximum Gasteiger partial charge on any atom is 0.322 e. The first-order chi connectivity index (χ1) is 17.6. The number of carbonyl (C=O) groups is 1. The number of ether oxygens (including phenoxy) is 2. The Kier molecular flexibility index (Phi) is 5.88. The van der Waals surface area contributed by atoms with Crippen molar-refractivity contribution >= 4 is 34.8 Å². The molecule has 5 rings (SSSR count). The summed E-state index contributed by atoms with van der Waals surface area (Å²) in [6.07, 6.45) is 2.95. The molecule has 190 valence electrons. The van der Waals surface area contributed by atoms with Crippen molar-refractivity contribution in [1.29, 1.82) is 5.26 Å². The number of anilines is 3. The van der Waals surface area contributed by atoms with Crippen molar-refractivity contribution in [3.63, 3.8) is 0 Å². The minimum Gasteiger partial charge on any atom is -0.454 e. The van der Waals surface area contributed by atoms with Crippen molar-refractivity contribution in [2.24, 2.45) is 7.05 Å². The van der Waals surface area contributed by atoms with Gasteiger partial charge in [-0.1, -0.05) is 0 Å². The summed E-state index contributed by atoms with van der Waals surface area (Å²) in [6, 6.07) is 6.98. The largest absolute Gasteiger partial charge is 0.454 e. The molecule has 0 atom stereocenters. The zero-order chi connectivity index (χ0) is 26.3. The Morgan fingerprint density at radius 1 is 1.27 bits per heavy atom. The third-order valence-corrected chi connectivity index (χ3v) is 5.82. The molecular weight excluding hydrogens is 476 g/mol. The number of nitrogens with one attached hydrogen (secondary N) is 2. The summed E-state index contributed by atoms with van der Waals surface area (Å²) in [4.78, 5) is 26.4. The monoisotopic (exact) mass is 502 g/mol. The van der Waals surface area contributed by atoms with E-state index in [-0.39, 0.29) is 22.9 Å². The van der Waals surface area contributed by atoms with E-state index in [1.807, 2.05) is 24.6 Å². The van der Waals surface area contributed by atoms with Crippen molar-refractivity contribution in [2.45, 2.75) is 32.6 Å². The molecule has 2 N–H and O–H groups in total. The van der Waals surface area contributed by atoms with Crippen molar-refractivity contribution in [1.82, 2.24) is 34.2 Å². The third-order valence-electron chi connectivity index (χ3n) is 5.82. The molecule has 1 aliphatic rings. The first-order valence-electron chi connectivity index (χ1n) is 11.5. The van der Waals surface area contributed by atoms with Gasteiger partial charge in [-0.25, -0.2) is 14.8 Å². The van der Waals surface area contributed by atoms with E-state index in [0.717, 1.165) is 5.69 Å². The fourth-order valence-electron chi connectivity index (χ4n) is 3.90. The lowest BCUT2D eigenvalue weighted by molar-refractivity contribution is -0.0660. The van der Waals surface area contributed by atoms with E-state index in [9.17, 15) is 10.1 Å². The number of hydrogen-bond acceptors (Lipinski definition) is 9. The summed E-state index contributed by atoms with van der Waals surface area (Å²) < 4.78 is 15.5. The highest BCUT2D eigenvalue weighted by molar-refractivity contribution is 5.88. The van der Waals surface area contributed by atoms with Gasteiger partial charge in [0.2, 0.25) is 5.95 Å². The molecule has 0 saturated heterocycles. The van der Waals surface area contributed by atoms with Gasteiger partial charge in [0, 0.05) is 39.5 Å². The summed E-state index contributed by atoms with van der Waals surface area (Å²) in [6.45, 7) is 5.17. The summed E-state index contributed by atoms with van der Waals surface area (Å²) in [7, 11) is 5.04. The molecule has 4 aromatic heterocycles. The fraction of sp³-hybridized carbons (Fsp3) is 0.333. The van der Waals surface area contributed by atoms with Crippen LogP contribution < -0.4 is 15.4 Å². The maximum absolute atomic E-state index is 11.9. The van der Waals surface area contributed by atoms with E-state index >= 15 is 0 Å². The molecular formula is C24H26N10O3. The molecule has 0 aliphatic carbocycles. The molecule has 0 unspecified atom stereocenters. The van der Waals surface area contributed by atoms with Crippen molar-refractivity contribution in [3.05, 3.63) is 41.9 Å². The topological polar surface area (TPSA) is 148 Å². The number of pyridine rings is 2. The first kappa shape index (κ1) is 24.0. The first-order valence-corrected chi connectivity index (χ1v) is 11.5. The number of carbonyl (C=O) groups excluding carboxylic acids is 1. The minimum absolute atomic E-state index is 0.248. The highest BCUT2D eigenvalue weighted by atomic mass is 16.5. The van der Waals surface area contributed by atoms with Gasteiger partial charge in [-0.3, -0.25) is 10.00 Å². The second-order valence-corrected chi connectivity index (χ2v) is 9.43. The lowest BCUT2D eigenvalue weighted by Crippen LogP contribution is -2.36. The number of nitriles is 1. The summed E-state index contributed by atoms with van der Waals surface area (Å²) >= 11 is 0. The molecule has 13 nitrogen and oxygen atoms in total. The van der Waals surface area contributed by atoms with E-state index in [0.29, 0.717) is 47.6 Å². The highest BCUT2D eigenvalue weighted by Crippen LogP contribution is 2.32. The van der Waals surface area contributed by atoms with Crippen LogP contribution in [0.5, 0.6) is 11.5 Å². The number of rotatable bonds is 5. The second-order valence-electron chi connectivity index (χ2n) is 9.43. The number of hydrogen-bond donors (Lipinski definition) is 2. The fourth-order valence-corrected chi connectivity index (χ4v) is 3.90. The standard InChI is InChI=1S/C24H26N10O3/c1-24(2)13-34-14(12-36-24)8-19(31-34)28-22-30-21-20(33(22)5)16(10-25)17(11-27-21)37-15-6-7-26-18(9-15)29-23(35)32(3)4/h6-9,11H,12-13H2,1-5H3,(H,26,29,35)(H,27,28,30,31). The third kappa shape index (κ3) is 4.74. The van der Waals surface area contributed by atoms with Crippen LogP contribution in [0.25, 0.3) is 11.2 Å². The van der Waals surface area contributed by atoms with Gasteiger partial charge in [0.15, 0.2) is 17.2 Å². The van der Waals surface area contributed by atoms with Crippen LogP contribution in [0.2, 0.25) is 0 Å². The summed E-state index contributed by atoms with van der Waals surface area (Å²) in [5.41, 5.74) is 1.83. The molecule has 0 aromatic carbocycles. The van der Waals surface area contributed by atoms with E-state index in [4.69, 9.17) is 9.47 Å². The maximum atomic E-state index is 11.9. The molecule has 1 aliphatic heterocycles. The molecule has 2 amide bonds. The van der Waals surface area contributed by atoms with Gasteiger partial charge in [0.25, 0.3) is 0 Å². The van der Waals surface area contributed by atoms with E-state index in [1.165, 1.54) is 17.3 Å².